The zero-order chi connectivity index (χ0) is 25.9. The minimum absolute atomic E-state index is 0.191. The number of amides is 2. The van der Waals surface area contributed by atoms with Gasteiger partial charge in [0.1, 0.15) is 18.1 Å². The Bertz CT molecular complexity index is 1200. The molecular weight excluding hydrogens is 464 g/mol. The van der Waals surface area contributed by atoms with Crippen molar-refractivity contribution in [2.75, 3.05) is 63.2 Å². The average molecular weight is 499 g/mol. The van der Waals surface area contributed by atoms with Crippen molar-refractivity contribution in [3.05, 3.63) is 72.8 Å². The van der Waals surface area contributed by atoms with Gasteiger partial charge in [0.2, 0.25) is 0 Å². The van der Waals surface area contributed by atoms with Gasteiger partial charge in [-0.1, -0.05) is 48.4 Å². The summed E-state index contributed by atoms with van der Waals surface area (Å²) >= 11 is 0. The molecule has 0 bridgehead atoms. The number of hydrogen-bond acceptors (Lipinski definition) is 5. The largest absolute Gasteiger partial charge is 0.495 e. The van der Waals surface area contributed by atoms with E-state index in [4.69, 9.17) is 15.9 Å². The molecule has 1 saturated heterocycles. The number of urea groups is 1. The number of terminal acetylenes is 1. The molecule has 4 rings (SSSR count). The quantitative estimate of drug-likeness (QED) is 0.313. The summed E-state index contributed by atoms with van der Waals surface area (Å²) in [5, 5.41) is 5.97. The van der Waals surface area contributed by atoms with E-state index in [2.05, 4.69) is 32.4 Å². The molecule has 3 aromatic carbocycles. The number of benzene rings is 3. The van der Waals surface area contributed by atoms with E-state index in [1.165, 1.54) is 0 Å². The molecule has 0 atom stereocenters. The minimum Gasteiger partial charge on any atom is -0.495 e. The van der Waals surface area contributed by atoms with Gasteiger partial charge in [-0.25, -0.2) is 4.79 Å². The lowest BCUT2D eigenvalue weighted by Gasteiger charge is -2.36. The van der Waals surface area contributed by atoms with Gasteiger partial charge in [-0.3, -0.25) is 4.90 Å². The van der Waals surface area contributed by atoms with Crippen molar-refractivity contribution in [1.29, 1.82) is 0 Å². The van der Waals surface area contributed by atoms with Crippen LogP contribution in [0.3, 0.4) is 0 Å². The fourth-order valence-electron chi connectivity index (χ4n) is 4.48. The van der Waals surface area contributed by atoms with Gasteiger partial charge in [0.25, 0.3) is 0 Å². The molecule has 2 amide bonds. The van der Waals surface area contributed by atoms with Crippen LogP contribution in [-0.4, -0.2) is 63.9 Å². The van der Waals surface area contributed by atoms with Crippen LogP contribution in [0.4, 0.5) is 16.2 Å². The molecule has 192 valence electrons. The first-order valence-electron chi connectivity index (χ1n) is 12.6. The monoisotopic (exact) mass is 498 g/mol. The van der Waals surface area contributed by atoms with Crippen LogP contribution in [0.25, 0.3) is 11.1 Å². The van der Waals surface area contributed by atoms with Crippen molar-refractivity contribution in [3.8, 4) is 35.0 Å². The topological polar surface area (TPSA) is 66.1 Å². The van der Waals surface area contributed by atoms with Crippen molar-refractivity contribution >= 4 is 17.4 Å². The highest BCUT2D eigenvalue weighted by Crippen LogP contribution is 2.32. The summed E-state index contributed by atoms with van der Waals surface area (Å²) in [6.07, 6.45) is 6.20. The minimum atomic E-state index is -0.226. The van der Waals surface area contributed by atoms with Crippen molar-refractivity contribution in [1.82, 2.24) is 10.2 Å². The van der Waals surface area contributed by atoms with E-state index in [-0.39, 0.29) is 12.6 Å². The molecule has 0 saturated carbocycles. The summed E-state index contributed by atoms with van der Waals surface area (Å²) in [7, 11) is 1.71. The number of carbonyl (C=O) groups is 1. The van der Waals surface area contributed by atoms with Gasteiger partial charge in [-0.15, -0.1) is 6.42 Å². The maximum atomic E-state index is 12.7. The smallest absolute Gasteiger partial charge is 0.319 e. The third-order valence-electron chi connectivity index (χ3n) is 6.38. The first-order chi connectivity index (χ1) is 18.2. The number of nitrogens with zero attached hydrogens (tertiary/aromatic N) is 2. The fourth-order valence-corrected chi connectivity index (χ4v) is 4.48. The van der Waals surface area contributed by atoms with Crippen molar-refractivity contribution in [2.45, 2.75) is 6.42 Å². The Labute approximate surface area is 219 Å². The third-order valence-corrected chi connectivity index (χ3v) is 6.38. The van der Waals surface area contributed by atoms with Crippen LogP contribution in [0.5, 0.6) is 11.5 Å². The highest BCUT2D eigenvalue weighted by atomic mass is 16.5. The van der Waals surface area contributed by atoms with Crippen molar-refractivity contribution in [2.24, 2.45) is 0 Å². The van der Waals surface area contributed by atoms with Gasteiger partial charge in [-0.2, -0.15) is 0 Å². The summed E-state index contributed by atoms with van der Waals surface area (Å²) in [6, 6.07) is 23.4. The molecule has 0 aromatic heterocycles. The highest BCUT2D eigenvalue weighted by Gasteiger charge is 2.19. The number of piperazine rings is 1. The Balaban J connectivity index is 1.24. The second-order valence-electron chi connectivity index (χ2n) is 8.80. The summed E-state index contributed by atoms with van der Waals surface area (Å²) in [5.41, 5.74) is 3.71. The molecule has 0 spiro atoms. The number of para-hydroxylation sites is 2. The van der Waals surface area contributed by atoms with Crippen molar-refractivity contribution < 1.29 is 14.3 Å². The van der Waals surface area contributed by atoms with Gasteiger partial charge in [-0.05, 0) is 48.9 Å². The molecule has 7 nitrogen and oxygen atoms in total. The maximum Gasteiger partial charge on any atom is 0.319 e. The second kappa shape index (κ2) is 13.2. The van der Waals surface area contributed by atoms with E-state index >= 15 is 0 Å². The second-order valence-corrected chi connectivity index (χ2v) is 8.80. The van der Waals surface area contributed by atoms with Crippen LogP contribution >= 0.6 is 0 Å². The molecular formula is C30H34N4O3. The summed E-state index contributed by atoms with van der Waals surface area (Å²) in [4.78, 5) is 17.5. The normalized spacial score (nSPS) is 13.5. The highest BCUT2D eigenvalue weighted by molar-refractivity contribution is 5.94. The van der Waals surface area contributed by atoms with Crippen LogP contribution in [0.2, 0.25) is 0 Å². The van der Waals surface area contributed by atoms with E-state index in [1.54, 1.807) is 7.11 Å². The Kier molecular flexibility index (Phi) is 9.28. The summed E-state index contributed by atoms with van der Waals surface area (Å²) in [5.74, 6) is 4.05. The predicted octanol–water partition coefficient (Wildman–Crippen LogP) is 4.71. The number of anilines is 2. The van der Waals surface area contributed by atoms with E-state index < -0.39 is 0 Å². The number of rotatable bonds is 10. The van der Waals surface area contributed by atoms with Crippen LogP contribution in [0.15, 0.2) is 72.8 Å². The molecule has 0 radical (unpaired) electrons. The lowest BCUT2D eigenvalue weighted by Crippen LogP contribution is -2.47. The lowest BCUT2D eigenvalue weighted by atomic mass is 10.0. The van der Waals surface area contributed by atoms with E-state index in [1.807, 2.05) is 66.7 Å². The molecule has 0 unspecified atom stereocenters. The van der Waals surface area contributed by atoms with Gasteiger partial charge in [0, 0.05) is 38.3 Å². The number of nitrogens with one attached hydrogen (secondary N) is 2. The van der Waals surface area contributed by atoms with Gasteiger partial charge in [0.05, 0.1) is 18.5 Å². The Morgan fingerprint density at radius 2 is 1.76 bits per heavy atom. The number of carbonyl (C=O) groups excluding carboxylic acids is 1. The van der Waals surface area contributed by atoms with Crippen molar-refractivity contribution in [3.63, 3.8) is 0 Å². The van der Waals surface area contributed by atoms with Gasteiger partial charge < -0.3 is 25.0 Å². The van der Waals surface area contributed by atoms with E-state index in [0.717, 1.165) is 61.7 Å². The van der Waals surface area contributed by atoms with Crippen LogP contribution in [0, 0.1) is 12.3 Å². The van der Waals surface area contributed by atoms with E-state index in [9.17, 15) is 4.79 Å². The van der Waals surface area contributed by atoms with Crippen LogP contribution in [-0.2, 0) is 0 Å². The SMILES string of the molecule is C#CCOc1ccc(NC(=O)NCCCN2CCN(c3ccccc3OC)CC2)c(-c2ccccc2)c1. The van der Waals surface area contributed by atoms with Crippen LogP contribution in [0.1, 0.15) is 6.42 Å². The third kappa shape index (κ3) is 7.18. The lowest BCUT2D eigenvalue weighted by molar-refractivity contribution is 0.244. The Morgan fingerprint density at radius 3 is 2.51 bits per heavy atom. The number of methoxy groups -OCH3 is 1. The molecule has 1 heterocycles. The zero-order valence-electron chi connectivity index (χ0n) is 21.3. The molecule has 0 aliphatic carbocycles. The molecule has 7 heteroatoms. The molecule has 3 aromatic rings. The Hall–Kier alpha value is -4.15. The molecule has 1 aliphatic heterocycles. The van der Waals surface area contributed by atoms with Gasteiger partial charge >= 0.3 is 6.03 Å². The molecule has 37 heavy (non-hydrogen) atoms. The molecule has 1 aliphatic rings. The average Bonchev–Trinajstić information content (AvgIpc) is 2.95. The fraction of sp³-hybridized carbons (Fsp3) is 0.300. The predicted molar refractivity (Wildman–Crippen MR) is 149 cm³/mol. The summed E-state index contributed by atoms with van der Waals surface area (Å²) in [6.45, 7) is 5.61. The van der Waals surface area contributed by atoms with Crippen LogP contribution < -0.4 is 25.0 Å². The maximum absolute atomic E-state index is 12.7. The zero-order valence-corrected chi connectivity index (χ0v) is 21.3. The molecule has 2 N–H and O–H groups in total. The number of hydrogen-bond donors (Lipinski definition) is 2. The first-order valence-corrected chi connectivity index (χ1v) is 12.6. The van der Waals surface area contributed by atoms with Gasteiger partial charge in [0.15, 0.2) is 0 Å². The number of ether oxygens (including phenoxy) is 2. The van der Waals surface area contributed by atoms with E-state index in [0.29, 0.717) is 18.0 Å². The first kappa shape index (κ1) is 25.9. The summed E-state index contributed by atoms with van der Waals surface area (Å²) < 4.78 is 11.1. The Morgan fingerprint density at radius 1 is 1.00 bits per heavy atom. The molecule has 1 fully saturated rings. The standard InChI is InChI=1S/C30H34N4O3/c1-3-22-37-25-14-15-27(26(23-25)24-10-5-4-6-11-24)32-30(35)31-16-9-17-33-18-20-34(21-19-33)28-12-7-8-13-29(28)36-2/h1,4-8,10-15,23H,9,16-22H2,2H3,(H2,31,32,35).